The van der Waals surface area contributed by atoms with Gasteiger partial charge in [-0.05, 0) is 35.3 Å². The Morgan fingerprint density at radius 1 is 0.955 bits per heavy atom. The van der Waals surface area contributed by atoms with Gasteiger partial charge >= 0.3 is 0 Å². The van der Waals surface area contributed by atoms with Crippen molar-refractivity contribution in [1.82, 2.24) is 4.90 Å². The molecule has 1 aliphatic heterocycles. The average Bonchev–Trinajstić information content (AvgIpc) is 3.03. The van der Waals surface area contributed by atoms with E-state index < -0.39 is 0 Å². The van der Waals surface area contributed by atoms with Gasteiger partial charge in [-0.25, -0.2) is 0 Å². The van der Waals surface area contributed by atoms with E-state index >= 15 is 0 Å². The van der Waals surface area contributed by atoms with Gasteiger partial charge in [-0.3, -0.25) is 0 Å². The SMILES string of the molecule is COc1ccc(C2=CN(Cc3ccccc3)CC2)cc1OC. The lowest BCUT2D eigenvalue weighted by Gasteiger charge is -2.14. The molecule has 0 N–H and O–H groups in total. The maximum Gasteiger partial charge on any atom is 0.161 e. The van der Waals surface area contributed by atoms with Crippen molar-refractivity contribution in [2.45, 2.75) is 13.0 Å². The summed E-state index contributed by atoms with van der Waals surface area (Å²) >= 11 is 0. The second kappa shape index (κ2) is 6.56. The fourth-order valence-corrected chi connectivity index (χ4v) is 2.81. The van der Waals surface area contributed by atoms with Crippen molar-refractivity contribution in [3.05, 3.63) is 65.9 Å². The first-order valence-electron chi connectivity index (χ1n) is 7.51. The summed E-state index contributed by atoms with van der Waals surface area (Å²) in [6.07, 6.45) is 3.32. The summed E-state index contributed by atoms with van der Waals surface area (Å²) in [5.74, 6) is 1.55. The first kappa shape index (κ1) is 14.5. The highest BCUT2D eigenvalue weighted by Gasteiger charge is 2.15. The predicted molar refractivity (Wildman–Crippen MR) is 89.0 cm³/mol. The Hall–Kier alpha value is -2.42. The van der Waals surface area contributed by atoms with Crippen LogP contribution < -0.4 is 9.47 Å². The monoisotopic (exact) mass is 295 g/mol. The van der Waals surface area contributed by atoms with Crippen molar-refractivity contribution in [1.29, 1.82) is 0 Å². The molecule has 0 amide bonds. The van der Waals surface area contributed by atoms with E-state index in [4.69, 9.17) is 9.47 Å². The summed E-state index contributed by atoms with van der Waals surface area (Å²) in [5, 5.41) is 0. The minimum atomic E-state index is 0.769. The highest BCUT2D eigenvalue weighted by atomic mass is 16.5. The Balaban J connectivity index is 1.77. The Labute approximate surface area is 131 Å². The van der Waals surface area contributed by atoms with E-state index in [1.54, 1.807) is 14.2 Å². The maximum atomic E-state index is 5.39. The minimum absolute atomic E-state index is 0.769. The molecular formula is C19H21NO2. The van der Waals surface area contributed by atoms with Gasteiger partial charge < -0.3 is 14.4 Å². The number of rotatable bonds is 5. The summed E-state index contributed by atoms with van der Waals surface area (Å²) in [6, 6.07) is 16.7. The minimum Gasteiger partial charge on any atom is -0.493 e. The van der Waals surface area contributed by atoms with Crippen LogP contribution in [0.5, 0.6) is 11.5 Å². The molecule has 22 heavy (non-hydrogen) atoms. The predicted octanol–water partition coefficient (Wildman–Crippen LogP) is 3.95. The molecule has 1 aliphatic rings. The quantitative estimate of drug-likeness (QED) is 0.833. The Bertz CT molecular complexity index is 664. The van der Waals surface area contributed by atoms with Crippen LogP contribution in [0.2, 0.25) is 0 Å². The zero-order chi connectivity index (χ0) is 15.4. The summed E-state index contributed by atoms with van der Waals surface area (Å²) < 4.78 is 10.7. The van der Waals surface area contributed by atoms with Gasteiger partial charge in [-0.1, -0.05) is 36.4 Å². The lowest BCUT2D eigenvalue weighted by molar-refractivity contribution is 0.355. The van der Waals surface area contributed by atoms with Gasteiger partial charge in [0.05, 0.1) is 14.2 Å². The molecular weight excluding hydrogens is 274 g/mol. The molecule has 0 radical (unpaired) electrons. The van der Waals surface area contributed by atoms with E-state index in [-0.39, 0.29) is 0 Å². The van der Waals surface area contributed by atoms with Crippen molar-refractivity contribution < 1.29 is 9.47 Å². The van der Waals surface area contributed by atoms with E-state index in [2.05, 4.69) is 53.6 Å². The molecule has 0 saturated heterocycles. The number of ether oxygens (including phenoxy) is 2. The van der Waals surface area contributed by atoms with Crippen LogP contribution in [-0.4, -0.2) is 25.7 Å². The molecule has 3 rings (SSSR count). The topological polar surface area (TPSA) is 21.7 Å². The number of hydrogen-bond donors (Lipinski definition) is 0. The van der Waals surface area contributed by atoms with E-state index in [0.29, 0.717) is 0 Å². The van der Waals surface area contributed by atoms with E-state index in [1.807, 2.05) is 6.07 Å². The standard InChI is InChI=1S/C19H21NO2/c1-21-18-9-8-16(12-19(18)22-2)17-10-11-20(14-17)13-15-6-4-3-5-7-15/h3-9,12,14H,10-11,13H2,1-2H3. The van der Waals surface area contributed by atoms with Crippen molar-refractivity contribution >= 4 is 5.57 Å². The fourth-order valence-electron chi connectivity index (χ4n) is 2.81. The Morgan fingerprint density at radius 2 is 1.73 bits per heavy atom. The summed E-state index contributed by atoms with van der Waals surface area (Å²) in [5.41, 5.74) is 3.89. The van der Waals surface area contributed by atoms with Crippen LogP contribution in [0.4, 0.5) is 0 Å². The van der Waals surface area contributed by atoms with E-state index in [1.165, 1.54) is 16.7 Å². The number of hydrogen-bond acceptors (Lipinski definition) is 3. The molecule has 0 bridgehead atoms. The van der Waals surface area contributed by atoms with Gasteiger partial charge in [0.25, 0.3) is 0 Å². The third-order valence-electron chi connectivity index (χ3n) is 3.99. The molecule has 0 fully saturated rings. The molecule has 0 aliphatic carbocycles. The smallest absolute Gasteiger partial charge is 0.161 e. The number of nitrogens with zero attached hydrogens (tertiary/aromatic N) is 1. The van der Waals surface area contributed by atoms with Crippen LogP contribution in [0.25, 0.3) is 5.57 Å². The largest absolute Gasteiger partial charge is 0.493 e. The molecule has 0 unspecified atom stereocenters. The van der Waals surface area contributed by atoms with E-state index in [0.717, 1.165) is 31.0 Å². The number of methoxy groups -OCH3 is 2. The lowest BCUT2D eigenvalue weighted by Crippen LogP contribution is -2.13. The van der Waals surface area contributed by atoms with Crippen molar-refractivity contribution in [2.24, 2.45) is 0 Å². The fraction of sp³-hybridized carbons (Fsp3) is 0.263. The van der Waals surface area contributed by atoms with Crippen LogP contribution in [-0.2, 0) is 6.54 Å². The van der Waals surface area contributed by atoms with E-state index in [9.17, 15) is 0 Å². The zero-order valence-electron chi connectivity index (χ0n) is 13.1. The molecule has 0 aromatic heterocycles. The lowest BCUT2D eigenvalue weighted by atomic mass is 10.1. The van der Waals surface area contributed by atoms with Crippen LogP contribution >= 0.6 is 0 Å². The van der Waals surface area contributed by atoms with Gasteiger partial charge in [-0.2, -0.15) is 0 Å². The van der Waals surface area contributed by atoms with Crippen LogP contribution in [0, 0.1) is 0 Å². The summed E-state index contributed by atoms with van der Waals surface area (Å²) in [7, 11) is 3.33. The molecule has 0 saturated carbocycles. The normalized spacial score (nSPS) is 13.9. The van der Waals surface area contributed by atoms with Gasteiger partial charge in [-0.15, -0.1) is 0 Å². The van der Waals surface area contributed by atoms with Gasteiger partial charge in [0, 0.05) is 19.3 Å². The second-order valence-corrected chi connectivity index (χ2v) is 5.43. The van der Waals surface area contributed by atoms with Crippen molar-refractivity contribution in [3.8, 4) is 11.5 Å². The highest BCUT2D eigenvalue weighted by molar-refractivity contribution is 5.69. The maximum absolute atomic E-state index is 5.39. The molecule has 0 atom stereocenters. The molecule has 0 spiro atoms. The highest BCUT2D eigenvalue weighted by Crippen LogP contribution is 2.33. The summed E-state index contributed by atoms with van der Waals surface area (Å²) in [6.45, 7) is 2.01. The summed E-state index contributed by atoms with van der Waals surface area (Å²) in [4.78, 5) is 2.36. The zero-order valence-corrected chi connectivity index (χ0v) is 13.1. The first-order chi connectivity index (χ1) is 10.8. The number of benzene rings is 2. The van der Waals surface area contributed by atoms with Gasteiger partial charge in [0.1, 0.15) is 0 Å². The van der Waals surface area contributed by atoms with Gasteiger partial charge in [0.2, 0.25) is 0 Å². The Morgan fingerprint density at radius 3 is 2.45 bits per heavy atom. The van der Waals surface area contributed by atoms with Crippen molar-refractivity contribution in [3.63, 3.8) is 0 Å². The van der Waals surface area contributed by atoms with Crippen LogP contribution in [0.3, 0.4) is 0 Å². The molecule has 1 heterocycles. The average molecular weight is 295 g/mol. The van der Waals surface area contributed by atoms with Gasteiger partial charge in [0.15, 0.2) is 11.5 Å². The first-order valence-corrected chi connectivity index (χ1v) is 7.51. The Kier molecular flexibility index (Phi) is 4.33. The van der Waals surface area contributed by atoms with Crippen LogP contribution in [0.15, 0.2) is 54.7 Å². The molecule has 2 aromatic rings. The molecule has 114 valence electrons. The molecule has 2 aromatic carbocycles. The molecule has 3 heteroatoms. The van der Waals surface area contributed by atoms with Crippen molar-refractivity contribution in [2.75, 3.05) is 20.8 Å². The third kappa shape index (κ3) is 3.08. The second-order valence-electron chi connectivity index (χ2n) is 5.43. The third-order valence-corrected chi connectivity index (χ3v) is 3.99. The van der Waals surface area contributed by atoms with Crippen LogP contribution in [0.1, 0.15) is 17.5 Å². The molecule has 3 nitrogen and oxygen atoms in total.